The van der Waals surface area contributed by atoms with Crippen molar-refractivity contribution in [3.05, 3.63) is 181 Å². The number of hydrogen-bond acceptors (Lipinski definition) is 4. The van der Waals surface area contributed by atoms with E-state index in [1.54, 1.807) is 0 Å². The lowest BCUT2D eigenvalue weighted by atomic mass is 9.99. The molecular formula is C46H29N3O2. The first-order valence-electron chi connectivity index (χ1n) is 17.2. The van der Waals surface area contributed by atoms with Gasteiger partial charge in [-0.05, 0) is 64.4 Å². The molecule has 2 aromatic heterocycles. The Bertz CT molecular complexity index is 2970. The zero-order chi connectivity index (χ0) is 33.5. The second-order valence-corrected chi connectivity index (χ2v) is 13.2. The molecule has 0 bridgehead atoms. The molecule has 9 aromatic rings. The van der Waals surface area contributed by atoms with Gasteiger partial charge in [-0.3, -0.25) is 4.57 Å². The number of fused-ring (bicyclic) bond motifs is 9. The molecule has 5 heteroatoms. The fourth-order valence-corrected chi connectivity index (χ4v) is 7.86. The van der Waals surface area contributed by atoms with Crippen molar-refractivity contribution in [2.75, 3.05) is 0 Å². The van der Waals surface area contributed by atoms with Crippen LogP contribution in [0.4, 0.5) is 0 Å². The number of hydrogen-bond donors (Lipinski definition) is 1. The van der Waals surface area contributed by atoms with Crippen molar-refractivity contribution in [1.29, 1.82) is 0 Å². The lowest BCUT2D eigenvalue weighted by Gasteiger charge is -2.24. The highest BCUT2D eigenvalue weighted by atomic mass is 16.5. The standard InChI is InChI=1S/C46H29N3O2/c1-3-12-29(13-4-1)42-27-37-45(51-42)44(30-14-5-2-6-15-30)48-46(47-37)49-38-22-20-31(26-36(38)43-33-16-8-7-11-28(33)19-23-39(43)49)32-21-24-41-35(25-32)34-17-9-10-18-40(34)50-41/h1-27,37H,(H,47,48). The second-order valence-electron chi connectivity index (χ2n) is 13.2. The van der Waals surface area contributed by atoms with Crippen LogP contribution in [-0.4, -0.2) is 16.6 Å². The third-order valence-corrected chi connectivity index (χ3v) is 10.2. The number of nitrogens with one attached hydrogen (secondary N) is 1. The van der Waals surface area contributed by atoms with Crippen molar-refractivity contribution >= 4 is 71.9 Å². The zero-order valence-corrected chi connectivity index (χ0v) is 27.4. The quantitative estimate of drug-likeness (QED) is 0.206. The number of rotatable bonds is 3. The molecule has 0 spiro atoms. The third-order valence-electron chi connectivity index (χ3n) is 10.2. The topological polar surface area (TPSA) is 51.7 Å². The summed E-state index contributed by atoms with van der Waals surface area (Å²) >= 11 is 0. The number of ether oxygens (including phenoxy) is 1. The van der Waals surface area contributed by atoms with Crippen molar-refractivity contribution in [3.63, 3.8) is 0 Å². The van der Waals surface area contributed by atoms with Gasteiger partial charge in [0.15, 0.2) is 5.76 Å². The average Bonchev–Trinajstić information content (AvgIpc) is 3.89. The summed E-state index contributed by atoms with van der Waals surface area (Å²) in [6, 6.07) is 55.0. The first-order chi connectivity index (χ1) is 25.3. The van der Waals surface area contributed by atoms with Crippen LogP contribution in [0.3, 0.4) is 0 Å². The fourth-order valence-electron chi connectivity index (χ4n) is 7.86. The smallest absolute Gasteiger partial charge is 0.209 e. The maximum absolute atomic E-state index is 6.59. The molecule has 1 atom stereocenters. The van der Waals surface area contributed by atoms with Crippen LogP contribution in [0.1, 0.15) is 11.1 Å². The number of furan rings is 1. The number of aliphatic imine (C=N–C) groups is 1. The van der Waals surface area contributed by atoms with E-state index in [2.05, 4.69) is 125 Å². The third kappa shape index (κ3) is 4.31. The molecule has 2 aliphatic heterocycles. The number of benzene rings is 7. The molecule has 0 aliphatic carbocycles. The monoisotopic (exact) mass is 655 g/mol. The molecule has 51 heavy (non-hydrogen) atoms. The summed E-state index contributed by atoms with van der Waals surface area (Å²) in [5.74, 6) is 2.39. The molecule has 240 valence electrons. The maximum atomic E-state index is 6.59. The van der Waals surface area contributed by atoms with E-state index in [0.29, 0.717) is 0 Å². The predicted molar refractivity (Wildman–Crippen MR) is 208 cm³/mol. The van der Waals surface area contributed by atoms with Gasteiger partial charge in [0.1, 0.15) is 28.7 Å². The Morgan fingerprint density at radius 3 is 2.04 bits per heavy atom. The minimum atomic E-state index is -0.188. The van der Waals surface area contributed by atoms with E-state index in [1.165, 1.54) is 21.5 Å². The molecule has 7 aromatic carbocycles. The van der Waals surface area contributed by atoms with Gasteiger partial charge < -0.3 is 14.5 Å². The first kappa shape index (κ1) is 28.0. The highest BCUT2D eigenvalue weighted by molar-refractivity contribution is 6.24. The van der Waals surface area contributed by atoms with Crippen molar-refractivity contribution in [3.8, 4) is 11.1 Å². The van der Waals surface area contributed by atoms with Crippen LogP contribution in [-0.2, 0) is 4.74 Å². The van der Waals surface area contributed by atoms with E-state index < -0.39 is 0 Å². The van der Waals surface area contributed by atoms with E-state index in [0.717, 1.165) is 78.4 Å². The molecule has 4 heterocycles. The van der Waals surface area contributed by atoms with Gasteiger partial charge in [-0.15, -0.1) is 0 Å². The van der Waals surface area contributed by atoms with Crippen molar-refractivity contribution in [2.24, 2.45) is 4.99 Å². The summed E-state index contributed by atoms with van der Waals surface area (Å²) in [5, 5.41) is 10.8. The average molecular weight is 656 g/mol. The van der Waals surface area contributed by atoms with Crippen LogP contribution in [0.15, 0.2) is 179 Å². The van der Waals surface area contributed by atoms with E-state index in [-0.39, 0.29) is 6.04 Å². The highest BCUT2D eigenvalue weighted by Gasteiger charge is 2.34. The van der Waals surface area contributed by atoms with E-state index in [9.17, 15) is 0 Å². The van der Waals surface area contributed by atoms with Gasteiger partial charge >= 0.3 is 0 Å². The van der Waals surface area contributed by atoms with Crippen LogP contribution >= 0.6 is 0 Å². The van der Waals surface area contributed by atoms with Gasteiger partial charge in [0.05, 0.1) is 11.0 Å². The Labute approximate surface area is 293 Å². The molecule has 1 N–H and O–H groups in total. The van der Waals surface area contributed by atoms with Gasteiger partial charge in [0, 0.05) is 32.7 Å². The SMILES string of the molecule is C1=C(c2ccccc2)OC2=C(c3ccccc3)N=C(n3c4ccc(-c5ccc6oc7ccccc7c6c5)cc4c4c5ccccc5ccc43)NC12. The lowest BCUT2D eigenvalue weighted by molar-refractivity contribution is 0.379. The Morgan fingerprint density at radius 2 is 1.20 bits per heavy atom. The molecule has 0 saturated heterocycles. The summed E-state index contributed by atoms with van der Waals surface area (Å²) in [6.07, 6.45) is 2.17. The molecule has 0 fully saturated rings. The molecule has 5 nitrogen and oxygen atoms in total. The summed E-state index contributed by atoms with van der Waals surface area (Å²) in [7, 11) is 0. The Balaban J connectivity index is 1.13. The Kier molecular flexibility index (Phi) is 5.95. The summed E-state index contributed by atoms with van der Waals surface area (Å²) in [4.78, 5) is 5.36. The van der Waals surface area contributed by atoms with Crippen molar-refractivity contribution < 1.29 is 9.15 Å². The predicted octanol–water partition coefficient (Wildman–Crippen LogP) is 11.1. The maximum Gasteiger partial charge on any atom is 0.209 e. The number of para-hydroxylation sites is 1. The summed E-state index contributed by atoms with van der Waals surface area (Å²) in [6.45, 7) is 0. The van der Waals surface area contributed by atoms with Crippen LogP contribution in [0.5, 0.6) is 0 Å². The van der Waals surface area contributed by atoms with Crippen LogP contribution < -0.4 is 5.32 Å². The molecule has 0 saturated carbocycles. The number of nitrogens with zero attached hydrogens (tertiary/aromatic N) is 2. The van der Waals surface area contributed by atoms with E-state index in [1.807, 2.05) is 48.5 Å². The molecule has 0 radical (unpaired) electrons. The summed E-state index contributed by atoms with van der Waals surface area (Å²) in [5.41, 5.74) is 9.12. The molecule has 2 aliphatic rings. The second kappa shape index (κ2) is 10.8. The Hall–Kier alpha value is -6.85. The molecule has 11 rings (SSSR count). The van der Waals surface area contributed by atoms with Crippen LogP contribution in [0.25, 0.3) is 77.1 Å². The molecule has 0 amide bonds. The number of aromatic nitrogens is 1. The van der Waals surface area contributed by atoms with Gasteiger partial charge in [-0.25, -0.2) is 4.99 Å². The molecule has 1 unspecified atom stereocenters. The van der Waals surface area contributed by atoms with Crippen LogP contribution in [0.2, 0.25) is 0 Å². The largest absolute Gasteiger partial charge is 0.456 e. The van der Waals surface area contributed by atoms with Gasteiger partial charge in [0.25, 0.3) is 0 Å². The molecular weight excluding hydrogens is 627 g/mol. The van der Waals surface area contributed by atoms with E-state index in [4.69, 9.17) is 14.1 Å². The Morgan fingerprint density at radius 1 is 0.529 bits per heavy atom. The summed E-state index contributed by atoms with van der Waals surface area (Å²) < 4.78 is 15.0. The van der Waals surface area contributed by atoms with E-state index >= 15 is 0 Å². The van der Waals surface area contributed by atoms with Crippen LogP contribution in [0, 0.1) is 0 Å². The first-order valence-corrected chi connectivity index (χ1v) is 17.2. The van der Waals surface area contributed by atoms with Crippen molar-refractivity contribution in [1.82, 2.24) is 9.88 Å². The van der Waals surface area contributed by atoms with Gasteiger partial charge in [-0.1, -0.05) is 121 Å². The minimum absolute atomic E-state index is 0.188. The minimum Gasteiger partial charge on any atom is -0.456 e. The van der Waals surface area contributed by atoms with Gasteiger partial charge in [-0.2, -0.15) is 0 Å². The normalized spacial score (nSPS) is 15.7. The highest BCUT2D eigenvalue weighted by Crippen LogP contribution is 2.41. The van der Waals surface area contributed by atoms with Gasteiger partial charge in [0.2, 0.25) is 5.96 Å². The fraction of sp³-hybridized carbons (Fsp3) is 0.0217. The van der Waals surface area contributed by atoms with Crippen molar-refractivity contribution in [2.45, 2.75) is 6.04 Å². The zero-order valence-electron chi connectivity index (χ0n) is 27.4. The lowest BCUT2D eigenvalue weighted by Crippen LogP contribution is -2.40.